The summed E-state index contributed by atoms with van der Waals surface area (Å²) in [4.78, 5) is 44.2. The second-order valence-electron chi connectivity index (χ2n) is 11.0. The number of ether oxygens (including phenoxy) is 3. The number of furan rings is 1. The Hall–Kier alpha value is -5.75. The highest BCUT2D eigenvalue weighted by Gasteiger charge is 2.35. The van der Waals surface area contributed by atoms with Gasteiger partial charge in [-0.2, -0.15) is 0 Å². The molecule has 49 heavy (non-hydrogen) atoms. The van der Waals surface area contributed by atoms with Crippen molar-refractivity contribution in [2.75, 3.05) is 19.8 Å². The Balaban J connectivity index is 1.55. The molecule has 0 bridgehead atoms. The third-order valence-electron chi connectivity index (χ3n) is 7.84. The maximum absolute atomic E-state index is 14.3. The largest absolute Gasteiger partial charge is 0.490 e. The van der Waals surface area contributed by atoms with Crippen LogP contribution >= 0.6 is 11.3 Å². The number of nitrogens with zero attached hydrogens (tertiary/aromatic N) is 3. The van der Waals surface area contributed by atoms with Gasteiger partial charge in [-0.1, -0.05) is 47.7 Å². The molecule has 0 unspecified atom stereocenters. The molecule has 0 saturated heterocycles. The van der Waals surface area contributed by atoms with Gasteiger partial charge >= 0.3 is 5.97 Å². The van der Waals surface area contributed by atoms with Gasteiger partial charge in [-0.3, -0.25) is 19.5 Å². The minimum absolute atomic E-state index is 0.0124. The highest BCUT2D eigenvalue weighted by Crippen LogP contribution is 2.39. The first-order chi connectivity index (χ1) is 23.7. The quantitative estimate of drug-likeness (QED) is 0.0914. The van der Waals surface area contributed by atoms with Crippen molar-refractivity contribution in [1.29, 1.82) is 0 Å². The van der Waals surface area contributed by atoms with Gasteiger partial charge in [-0.05, 0) is 69.2 Å². The van der Waals surface area contributed by atoms with Gasteiger partial charge in [0, 0.05) is 29.3 Å². The van der Waals surface area contributed by atoms with E-state index in [1.165, 1.54) is 28.0 Å². The zero-order valence-corrected chi connectivity index (χ0v) is 28.1. The number of carbonyl (C=O) groups is 1. The summed E-state index contributed by atoms with van der Waals surface area (Å²) in [5.74, 6) is 1.34. The molecule has 5 aromatic rings. The number of nitro benzene ring substituents is 1. The normalized spacial score (nSPS) is 14.3. The lowest BCUT2D eigenvalue weighted by Gasteiger charge is -2.26. The number of non-ortho nitro benzene ring substituents is 1. The maximum atomic E-state index is 14.3. The topological polar surface area (TPSA) is 135 Å². The van der Waals surface area contributed by atoms with E-state index in [0.717, 1.165) is 0 Å². The van der Waals surface area contributed by atoms with Gasteiger partial charge in [-0.15, -0.1) is 0 Å². The van der Waals surface area contributed by atoms with Crippen molar-refractivity contribution in [1.82, 2.24) is 4.57 Å². The van der Waals surface area contributed by atoms with E-state index >= 15 is 0 Å². The van der Waals surface area contributed by atoms with Gasteiger partial charge in [0.05, 0.1) is 46.6 Å². The third-order valence-corrected chi connectivity index (χ3v) is 8.83. The lowest BCUT2D eigenvalue weighted by atomic mass is 9.93. The monoisotopic (exact) mass is 679 g/mol. The zero-order valence-electron chi connectivity index (χ0n) is 27.3. The molecule has 0 saturated carbocycles. The Morgan fingerprint density at radius 2 is 1.73 bits per heavy atom. The minimum atomic E-state index is -0.905. The van der Waals surface area contributed by atoms with Gasteiger partial charge < -0.3 is 18.6 Å². The lowest BCUT2D eigenvalue weighted by Crippen LogP contribution is -2.40. The second kappa shape index (κ2) is 14.2. The number of nitro groups is 1. The molecule has 2 aromatic heterocycles. The Morgan fingerprint density at radius 1 is 0.980 bits per heavy atom. The van der Waals surface area contributed by atoms with Crippen LogP contribution < -0.4 is 24.4 Å². The van der Waals surface area contributed by atoms with Crippen molar-refractivity contribution in [3.63, 3.8) is 0 Å². The Labute approximate surface area is 285 Å². The van der Waals surface area contributed by atoms with Gasteiger partial charge in [0.15, 0.2) is 16.3 Å². The van der Waals surface area contributed by atoms with Crippen LogP contribution in [0.4, 0.5) is 5.69 Å². The van der Waals surface area contributed by atoms with Gasteiger partial charge in [0.2, 0.25) is 0 Å². The maximum Gasteiger partial charge on any atom is 0.338 e. The van der Waals surface area contributed by atoms with Crippen molar-refractivity contribution in [3.05, 3.63) is 137 Å². The van der Waals surface area contributed by atoms with Crippen molar-refractivity contribution in [2.45, 2.75) is 33.7 Å². The summed E-state index contributed by atoms with van der Waals surface area (Å²) in [5, 5.41) is 11.2. The molecule has 0 spiro atoms. The highest BCUT2D eigenvalue weighted by molar-refractivity contribution is 7.07. The van der Waals surface area contributed by atoms with E-state index in [0.29, 0.717) is 73.5 Å². The van der Waals surface area contributed by atoms with Gasteiger partial charge in [-0.25, -0.2) is 9.79 Å². The number of esters is 1. The van der Waals surface area contributed by atoms with E-state index in [2.05, 4.69) is 0 Å². The fourth-order valence-corrected chi connectivity index (χ4v) is 6.72. The van der Waals surface area contributed by atoms with E-state index < -0.39 is 16.9 Å². The predicted octanol–water partition coefficient (Wildman–Crippen LogP) is 6.21. The first-order valence-corrected chi connectivity index (χ1v) is 16.6. The predicted molar refractivity (Wildman–Crippen MR) is 185 cm³/mol. The lowest BCUT2D eigenvalue weighted by molar-refractivity contribution is -0.384. The number of rotatable bonds is 11. The van der Waals surface area contributed by atoms with E-state index in [1.807, 2.05) is 50.2 Å². The molecule has 0 N–H and O–H groups in total. The molecule has 1 aliphatic heterocycles. The molecule has 0 aliphatic carbocycles. The first kappa shape index (κ1) is 33.2. The van der Waals surface area contributed by atoms with Crippen molar-refractivity contribution >= 4 is 34.8 Å². The number of fused-ring (bicyclic) bond motifs is 1. The Kier molecular flexibility index (Phi) is 9.58. The van der Waals surface area contributed by atoms with E-state index in [9.17, 15) is 19.7 Å². The third kappa shape index (κ3) is 6.55. The van der Waals surface area contributed by atoms with Gasteiger partial charge in [0.25, 0.3) is 11.2 Å². The average molecular weight is 680 g/mol. The van der Waals surface area contributed by atoms with Crippen molar-refractivity contribution < 1.29 is 28.3 Å². The molecule has 6 rings (SSSR count). The average Bonchev–Trinajstić information content (AvgIpc) is 3.69. The summed E-state index contributed by atoms with van der Waals surface area (Å²) in [5.41, 5.74) is 2.90. The molecule has 1 aliphatic rings. The summed E-state index contributed by atoms with van der Waals surface area (Å²) in [6, 6.07) is 21.8. The van der Waals surface area contributed by atoms with E-state index in [-0.39, 0.29) is 23.4 Å². The van der Waals surface area contributed by atoms with Crippen LogP contribution in [-0.4, -0.2) is 35.3 Å². The van der Waals surface area contributed by atoms with Crippen LogP contribution in [0.3, 0.4) is 0 Å². The molecular weight excluding hydrogens is 646 g/mol. The van der Waals surface area contributed by atoms with E-state index in [1.54, 1.807) is 50.3 Å². The molecule has 0 radical (unpaired) electrons. The molecule has 0 amide bonds. The van der Waals surface area contributed by atoms with Crippen LogP contribution in [-0.2, 0) is 9.53 Å². The number of carbonyl (C=O) groups excluding carboxylic acids is 1. The van der Waals surface area contributed by atoms with Crippen LogP contribution in [0.1, 0.15) is 49.3 Å². The first-order valence-electron chi connectivity index (χ1n) is 15.8. The Bertz CT molecular complexity index is 2270. The highest BCUT2D eigenvalue weighted by atomic mass is 32.1. The van der Waals surface area contributed by atoms with Crippen molar-refractivity contribution in [3.8, 4) is 22.8 Å². The number of benzene rings is 3. The summed E-state index contributed by atoms with van der Waals surface area (Å²) >= 11 is 1.17. The number of hydrogen-bond donors (Lipinski definition) is 0. The molecular formula is C37H33N3O8S. The number of hydrogen-bond acceptors (Lipinski definition) is 10. The molecule has 1 atom stereocenters. The molecule has 0 fully saturated rings. The molecule has 3 aromatic carbocycles. The fourth-order valence-electron chi connectivity index (χ4n) is 5.74. The standard InChI is InChI=1S/C37H33N3O8S/c1-5-45-29-17-13-24(20-30(29)46-6-2)34-32(36(42)47-7-3)33(23-11-9-8-10-12-23)38-37-39(34)35(41)31(49-37)21-26-15-18-28(48-26)27-16-14-25(40(43)44)19-22(27)4/h8-21,34H,5-7H2,1-4H3/b31-21+/t34-/m0/s1. The summed E-state index contributed by atoms with van der Waals surface area (Å²) < 4.78 is 25.2. The summed E-state index contributed by atoms with van der Waals surface area (Å²) in [7, 11) is 0. The second-order valence-corrected chi connectivity index (χ2v) is 12.0. The molecule has 250 valence electrons. The molecule has 11 nitrogen and oxygen atoms in total. The zero-order chi connectivity index (χ0) is 34.7. The van der Waals surface area contributed by atoms with Crippen LogP contribution in [0.2, 0.25) is 0 Å². The SMILES string of the molecule is CCOC(=O)C1=C(c2ccccc2)N=c2s/c(=C/c3ccc(-c4ccc([N+](=O)[O-])cc4C)o3)c(=O)n2[C@H]1c1ccc(OCC)c(OCC)c1. The minimum Gasteiger partial charge on any atom is -0.490 e. The molecule has 3 heterocycles. The summed E-state index contributed by atoms with van der Waals surface area (Å²) in [6.45, 7) is 8.18. The number of aromatic nitrogens is 1. The fraction of sp³-hybridized carbons (Fsp3) is 0.216. The van der Waals surface area contributed by atoms with Crippen LogP contribution in [0.5, 0.6) is 11.5 Å². The Morgan fingerprint density at radius 3 is 2.43 bits per heavy atom. The van der Waals surface area contributed by atoms with Gasteiger partial charge in [0.1, 0.15) is 11.5 Å². The van der Waals surface area contributed by atoms with Crippen LogP contribution in [0, 0.1) is 17.0 Å². The van der Waals surface area contributed by atoms with Crippen LogP contribution in [0.15, 0.2) is 98.6 Å². The van der Waals surface area contributed by atoms with E-state index in [4.69, 9.17) is 23.6 Å². The van der Waals surface area contributed by atoms with Crippen LogP contribution in [0.25, 0.3) is 23.1 Å². The van der Waals surface area contributed by atoms with Crippen molar-refractivity contribution in [2.24, 2.45) is 4.99 Å². The number of thiazole rings is 1. The number of aryl methyl sites for hydroxylation is 1. The smallest absolute Gasteiger partial charge is 0.338 e. The summed E-state index contributed by atoms with van der Waals surface area (Å²) in [6.07, 6.45) is 1.63. The molecule has 12 heteroatoms.